The topological polar surface area (TPSA) is 28.2 Å². The first kappa shape index (κ1) is 10.1. The molecule has 1 aromatic heterocycles. The number of piperidine rings is 1. The van der Waals surface area contributed by atoms with Gasteiger partial charge in [0.2, 0.25) is 0 Å². The Kier molecular flexibility index (Phi) is 2.56. The van der Waals surface area contributed by atoms with Gasteiger partial charge in [-0.1, -0.05) is 6.07 Å². The van der Waals surface area contributed by atoms with Crippen molar-refractivity contribution in [1.82, 2.24) is 10.3 Å². The van der Waals surface area contributed by atoms with E-state index in [1.807, 2.05) is 12.3 Å². The van der Waals surface area contributed by atoms with Crippen LogP contribution in [0.5, 0.6) is 0 Å². The van der Waals surface area contributed by atoms with E-state index in [4.69, 9.17) is 0 Å². The van der Waals surface area contributed by atoms with Crippen LogP contribution in [0.2, 0.25) is 0 Å². The maximum atomic E-state index is 4.45. The predicted molar refractivity (Wildman–Crippen MR) is 65.6 cm³/mol. The zero-order chi connectivity index (χ0) is 10.8. The van der Waals surface area contributed by atoms with Gasteiger partial charge >= 0.3 is 0 Å². The van der Waals surface area contributed by atoms with Crippen LogP contribution in [-0.2, 0) is 0 Å². The van der Waals surface area contributed by atoms with Crippen molar-refractivity contribution in [3.05, 3.63) is 24.4 Å². The lowest BCUT2D eigenvalue weighted by atomic mass is 9.78. The van der Waals surface area contributed by atoms with Crippen LogP contribution in [0.15, 0.2) is 24.4 Å². The normalized spacial score (nSPS) is 23.9. The molecule has 0 atom stereocenters. The van der Waals surface area contributed by atoms with E-state index < -0.39 is 0 Å². The van der Waals surface area contributed by atoms with Crippen molar-refractivity contribution in [2.24, 2.45) is 5.41 Å². The highest BCUT2D eigenvalue weighted by Crippen LogP contribution is 2.39. The molecular weight excluding hydrogens is 198 g/mol. The SMILES string of the molecule is c1ccc(N2CCC3(CCNCC3)C2)nc1. The molecule has 3 heteroatoms. The first-order valence-corrected chi connectivity index (χ1v) is 6.25. The fraction of sp³-hybridized carbons (Fsp3) is 0.615. The summed E-state index contributed by atoms with van der Waals surface area (Å²) in [7, 11) is 0. The molecule has 2 aliphatic rings. The molecular formula is C13H19N3. The molecule has 2 aliphatic heterocycles. The molecule has 3 rings (SSSR count). The Morgan fingerprint density at radius 1 is 1.19 bits per heavy atom. The Hall–Kier alpha value is -1.09. The van der Waals surface area contributed by atoms with E-state index in [1.54, 1.807) is 0 Å². The lowest BCUT2D eigenvalue weighted by Gasteiger charge is -2.33. The van der Waals surface area contributed by atoms with Crippen LogP contribution in [0.25, 0.3) is 0 Å². The molecule has 3 nitrogen and oxygen atoms in total. The summed E-state index contributed by atoms with van der Waals surface area (Å²) in [6.45, 7) is 4.76. The molecule has 0 saturated carbocycles. The van der Waals surface area contributed by atoms with Crippen LogP contribution in [0.1, 0.15) is 19.3 Å². The summed E-state index contributed by atoms with van der Waals surface area (Å²) >= 11 is 0. The van der Waals surface area contributed by atoms with Crippen LogP contribution < -0.4 is 10.2 Å². The molecule has 0 aromatic carbocycles. The van der Waals surface area contributed by atoms with E-state index >= 15 is 0 Å². The molecule has 3 heterocycles. The van der Waals surface area contributed by atoms with E-state index in [0.29, 0.717) is 5.41 Å². The van der Waals surface area contributed by atoms with Crippen LogP contribution >= 0.6 is 0 Å². The van der Waals surface area contributed by atoms with Gasteiger partial charge in [0, 0.05) is 19.3 Å². The maximum absolute atomic E-state index is 4.45. The molecule has 1 N–H and O–H groups in total. The van der Waals surface area contributed by atoms with Gasteiger partial charge in [0.15, 0.2) is 0 Å². The van der Waals surface area contributed by atoms with Crippen molar-refractivity contribution >= 4 is 5.82 Å². The highest BCUT2D eigenvalue weighted by Gasteiger charge is 2.39. The minimum absolute atomic E-state index is 0.572. The third-order valence-electron chi connectivity index (χ3n) is 4.08. The quantitative estimate of drug-likeness (QED) is 0.775. The average molecular weight is 217 g/mol. The first-order valence-electron chi connectivity index (χ1n) is 6.25. The van der Waals surface area contributed by atoms with Crippen LogP contribution in [0.3, 0.4) is 0 Å². The van der Waals surface area contributed by atoms with Gasteiger partial charge in [-0.2, -0.15) is 0 Å². The molecule has 1 spiro atoms. The molecule has 0 aliphatic carbocycles. The van der Waals surface area contributed by atoms with Gasteiger partial charge in [0.25, 0.3) is 0 Å². The lowest BCUT2D eigenvalue weighted by Crippen LogP contribution is -2.38. The molecule has 1 aromatic rings. The predicted octanol–water partition coefficient (Wildman–Crippen LogP) is 1.66. The zero-order valence-corrected chi connectivity index (χ0v) is 9.65. The number of hydrogen-bond donors (Lipinski definition) is 1. The fourth-order valence-electron chi connectivity index (χ4n) is 3.04. The monoisotopic (exact) mass is 217 g/mol. The summed E-state index contributed by atoms with van der Waals surface area (Å²) in [5, 5.41) is 3.46. The highest BCUT2D eigenvalue weighted by molar-refractivity contribution is 5.39. The lowest BCUT2D eigenvalue weighted by molar-refractivity contribution is 0.232. The molecule has 0 amide bonds. The van der Waals surface area contributed by atoms with E-state index in [-0.39, 0.29) is 0 Å². The number of aromatic nitrogens is 1. The summed E-state index contributed by atoms with van der Waals surface area (Å²) in [5.41, 5.74) is 0.572. The van der Waals surface area contributed by atoms with Crippen molar-refractivity contribution in [2.75, 3.05) is 31.1 Å². The Bertz CT molecular complexity index is 343. The summed E-state index contributed by atoms with van der Waals surface area (Å²) in [6.07, 6.45) is 5.89. The number of anilines is 1. The van der Waals surface area contributed by atoms with Gasteiger partial charge in [0.05, 0.1) is 0 Å². The van der Waals surface area contributed by atoms with Crippen molar-refractivity contribution < 1.29 is 0 Å². The van der Waals surface area contributed by atoms with Crippen molar-refractivity contribution in [3.8, 4) is 0 Å². The number of nitrogens with zero attached hydrogens (tertiary/aromatic N) is 2. The standard InChI is InChI=1S/C13H19N3/c1-2-7-15-12(3-1)16-10-6-13(11-16)4-8-14-9-5-13/h1-3,7,14H,4-6,8-11H2. The number of pyridine rings is 1. The van der Waals surface area contributed by atoms with Gasteiger partial charge in [-0.15, -0.1) is 0 Å². The summed E-state index contributed by atoms with van der Waals surface area (Å²) in [4.78, 5) is 6.90. The summed E-state index contributed by atoms with van der Waals surface area (Å²) < 4.78 is 0. The number of hydrogen-bond acceptors (Lipinski definition) is 3. The van der Waals surface area contributed by atoms with Crippen molar-refractivity contribution in [2.45, 2.75) is 19.3 Å². The Morgan fingerprint density at radius 2 is 2.06 bits per heavy atom. The second-order valence-corrected chi connectivity index (χ2v) is 5.11. The molecule has 16 heavy (non-hydrogen) atoms. The first-order chi connectivity index (χ1) is 7.88. The molecule has 86 valence electrons. The number of nitrogens with one attached hydrogen (secondary N) is 1. The number of rotatable bonds is 1. The molecule has 2 fully saturated rings. The Morgan fingerprint density at radius 3 is 2.81 bits per heavy atom. The van der Waals surface area contributed by atoms with Gasteiger partial charge in [-0.3, -0.25) is 0 Å². The molecule has 2 saturated heterocycles. The minimum atomic E-state index is 0.572. The average Bonchev–Trinajstić information content (AvgIpc) is 2.75. The summed E-state index contributed by atoms with van der Waals surface area (Å²) in [5.74, 6) is 1.15. The third kappa shape index (κ3) is 1.80. The smallest absolute Gasteiger partial charge is 0.128 e. The largest absolute Gasteiger partial charge is 0.356 e. The van der Waals surface area contributed by atoms with Crippen LogP contribution in [0.4, 0.5) is 5.82 Å². The van der Waals surface area contributed by atoms with Crippen LogP contribution in [-0.4, -0.2) is 31.2 Å². The highest BCUT2D eigenvalue weighted by atomic mass is 15.2. The maximum Gasteiger partial charge on any atom is 0.128 e. The van der Waals surface area contributed by atoms with Gasteiger partial charge in [0.1, 0.15) is 5.82 Å². The fourth-order valence-corrected chi connectivity index (χ4v) is 3.04. The second kappa shape index (κ2) is 4.06. The third-order valence-corrected chi connectivity index (χ3v) is 4.08. The molecule has 0 bridgehead atoms. The van der Waals surface area contributed by atoms with Gasteiger partial charge < -0.3 is 10.2 Å². The Labute approximate surface area is 96.9 Å². The molecule has 0 radical (unpaired) electrons. The van der Waals surface area contributed by atoms with Crippen molar-refractivity contribution in [1.29, 1.82) is 0 Å². The van der Waals surface area contributed by atoms with Crippen LogP contribution in [0, 0.1) is 5.41 Å². The molecule has 0 unspecified atom stereocenters. The van der Waals surface area contributed by atoms with Gasteiger partial charge in [-0.05, 0) is 49.9 Å². The minimum Gasteiger partial charge on any atom is -0.356 e. The zero-order valence-electron chi connectivity index (χ0n) is 9.65. The van der Waals surface area contributed by atoms with E-state index in [2.05, 4.69) is 27.3 Å². The van der Waals surface area contributed by atoms with Crippen molar-refractivity contribution in [3.63, 3.8) is 0 Å². The Balaban J connectivity index is 1.73. The summed E-state index contributed by atoms with van der Waals surface area (Å²) in [6, 6.07) is 6.19. The van der Waals surface area contributed by atoms with E-state index in [0.717, 1.165) is 5.82 Å². The van der Waals surface area contributed by atoms with E-state index in [1.165, 1.54) is 45.4 Å². The second-order valence-electron chi connectivity index (χ2n) is 5.11. The van der Waals surface area contributed by atoms with Gasteiger partial charge in [-0.25, -0.2) is 4.98 Å². The van der Waals surface area contributed by atoms with E-state index in [9.17, 15) is 0 Å².